The molecule has 47 heavy (non-hydrogen) atoms. The van der Waals surface area contributed by atoms with E-state index < -0.39 is 54.4 Å². The SMILES string of the molecule is [2H]c1cc(-c2c([2H])c([2H])c3oc4c([2H])c([2H])c([2H])c([2H])c4c3c2[2H])c2c(-c3ccc4ccccc4c3)c3c([2H])c([2H])c([2H])c([2H])c3c(-c3ccc4ccccc4c3)c2c1[2H]. The Labute approximate surface area is 290 Å². The van der Waals surface area contributed by atoms with Crippen molar-refractivity contribution >= 4 is 65.0 Å². The van der Waals surface area contributed by atoms with E-state index >= 15 is 0 Å². The molecule has 218 valence electrons. The number of para-hydroxylation sites is 1. The molecule has 9 aromatic carbocycles. The van der Waals surface area contributed by atoms with E-state index in [9.17, 15) is 9.60 Å². The number of benzene rings is 9. The third-order valence-electron chi connectivity index (χ3n) is 8.85. The normalized spacial score (nSPS) is 15.7. The molecule has 0 amide bonds. The fraction of sp³-hybridized carbons (Fsp3) is 0. The van der Waals surface area contributed by atoms with E-state index in [1.807, 2.05) is 72.8 Å². The minimum atomic E-state index is -0.575. The summed E-state index contributed by atoms with van der Waals surface area (Å²) in [6.07, 6.45) is 0. The standard InChI is InChI=1S/C46H28O/c1-3-12-31-26-34(22-20-29(31)10-1)44-38-15-5-6-16-39(38)45(35-23-21-30-11-2-4-13-32(30)27-35)46-36(17-9-18-40(44)46)33-24-25-43-41(28-33)37-14-7-8-19-42(37)47-43/h1-28H/i5D,6D,7D,8D,9D,14D,15D,16D,18D,19D,24D,25D,28D. The molecule has 0 fully saturated rings. The maximum atomic E-state index is 9.75. The van der Waals surface area contributed by atoms with Gasteiger partial charge in [0.1, 0.15) is 11.2 Å². The molecule has 10 rings (SSSR count). The van der Waals surface area contributed by atoms with Gasteiger partial charge in [0, 0.05) is 10.8 Å². The van der Waals surface area contributed by atoms with Gasteiger partial charge >= 0.3 is 0 Å². The Bertz CT molecular complexity index is 3590. The summed E-state index contributed by atoms with van der Waals surface area (Å²) >= 11 is 0. The number of fused-ring (bicyclic) bond motifs is 7. The van der Waals surface area contributed by atoms with Gasteiger partial charge in [-0.3, -0.25) is 0 Å². The van der Waals surface area contributed by atoms with Crippen molar-refractivity contribution in [2.75, 3.05) is 0 Å². The molecule has 0 bridgehead atoms. The van der Waals surface area contributed by atoms with Crippen molar-refractivity contribution in [1.29, 1.82) is 0 Å². The van der Waals surface area contributed by atoms with Gasteiger partial charge < -0.3 is 4.42 Å². The van der Waals surface area contributed by atoms with E-state index in [1.165, 1.54) is 6.07 Å². The van der Waals surface area contributed by atoms with E-state index in [-0.39, 0.29) is 89.9 Å². The van der Waals surface area contributed by atoms with E-state index in [4.69, 9.17) is 12.6 Å². The monoisotopic (exact) mass is 609 g/mol. The van der Waals surface area contributed by atoms with Crippen LogP contribution < -0.4 is 0 Å². The number of hydrogen-bond donors (Lipinski definition) is 0. The highest BCUT2D eigenvalue weighted by Crippen LogP contribution is 2.48. The summed E-state index contributed by atoms with van der Waals surface area (Å²) < 4.78 is 124. The second-order valence-electron chi connectivity index (χ2n) is 11.5. The van der Waals surface area contributed by atoms with Gasteiger partial charge in [-0.05, 0) is 107 Å². The third-order valence-corrected chi connectivity index (χ3v) is 8.85. The molecule has 1 aromatic heterocycles. The van der Waals surface area contributed by atoms with Crippen LogP contribution in [0.1, 0.15) is 17.8 Å². The lowest BCUT2D eigenvalue weighted by molar-refractivity contribution is 0.669. The summed E-state index contributed by atoms with van der Waals surface area (Å²) in [5.74, 6) is 0. The quantitative estimate of drug-likeness (QED) is 0.182. The highest BCUT2D eigenvalue weighted by molar-refractivity contribution is 6.25. The van der Waals surface area contributed by atoms with Gasteiger partial charge in [-0.2, -0.15) is 0 Å². The van der Waals surface area contributed by atoms with Crippen molar-refractivity contribution in [1.82, 2.24) is 0 Å². The Morgan fingerprint density at radius 3 is 1.70 bits per heavy atom. The molecule has 0 aliphatic carbocycles. The highest BCUT2D eigenvalue weighted by Gasteiger charge is 2.20. The second-order valence-corrected chi connectivity index (χ2v) is 11.5. The predicted octanol–water partition coefficient (Wildman–Crippen LogP) is 13.2. The summed E-state index contributed by atoms with van der Waals surface area (Å²) in [4.78, 5) is 0. The lowest BCUT2D eigenvalue weighted by atomic mass is 9.82. The third kappa shape index (κ3) is 4.03. The van der Waals surface area contributed by atoms with E-state index in [0.717, 1.165) is 21.5 Å². The van der Waals surface area contributed by atoms with Crippen molar-refractivity contribution in [3.05, 3.63) is 170 Å². The van der Waals surface area contributed by atoms with Crippen molar-refractivity contribution in [2.24, 2.45) is 0 Å². The summed E-state index contributed by atoms with van der Waals surface area (Å²) in [5.41, 5.74) is 0.790. The van der Waals surface area contributed by atoms with Gasteiger partial charge in [0.2, 0.25) is 0 Å². The summed E-state index contributed by atoms with van der Waals surface area (Å²) in [5, 5.41) is 3.67. The van der Waals surface area contributed by atoms with Crippen LogP contribution in [0.4, 0.5) is 0 Å². The maximum absolute atomic E-state index is 9.75. The van der Waals surface area contributed by atoms with Crippen LogP contribution in [-0.2, 0) is 0 Å². The summed E-state index contributed by atoms with van der Waals surface area (Å²) in [6, 6.07) is 21.7. The van der Waals surface area contributed by atoms with E-state index in [0.29, 0.717) is 11.1 Å². The molecule has 0 atom stereocenters. The summed E-state index contributed by atoms with van der Waals surface area (Å²) in [7, 11) is 0. The van der Waals surface area contributed by atoms with Crippen molar-refractivity contribution < 1.29 is 22.2 Å². The molecule has 0 unspecified atom stereocenters. The van der Waals surface area contributed by atoms with Gasteiger partial charge in [0.05, 0.1) is 17.8 Å². The number of rotatable bonds is 3. The Kier molecular flexibility index (Phi) is 3.55. The zero-order valence-corrected chi connectivity index (χ0v) is 24.6. The van der Waals surface area contributed by atoms with Gasteiger partial charge in [0.25, 0.3) is 0 Å². The van der Waals surface area contributed by atoms with E-state index in [2.05, 4.69) is 0 Å². The molecule has 0 radical (unpaired) electrons. The van der Waals surface area contributed by atoms with Gasteiger partial charge in [0.15, 0.2) is 0 Å². The first-order chi connectivity index (χ1) is 28.7. The first-order valence-corrected chi connectivity index (χ1v) is 15.1. The number of hydrogen-bond acceptors (Lipinski definition) is 1. The fourth-order valence-electron chi connectivity index (χ4n) is 6.74. The van der Waals surface area contributed by atoms with Crippen LogP contribution >= 0.6 is 0 Å². The van der Waals surface area contributed by atoms with Gasteiger partial charge in [-0.15, -0.1) is 0 Å². The van der Waals surface area contributed by atoms with Gasteiger partial charge in [-0.1, -0.05) is 139 Å². The topological polar surface area (TPSA) is 13.1 Å². The maximum Gasteiger partial charge on any atom is 0.135 e. The molecule has 10 aromatic rings. The van der Waals surface area contributed by atoms with Crippen molar-refractivity contribution in [3.8, 4) is 33.4 Å². The summed E-state index contributed by atoms with van der Waals surface area (Å²) in [6.45, 7) is 0. The minimum absolute atomic E-state index is 0.0473. The van der Waals surface area contributed by atoms with Crippen LogP contribution in [0, 0.1) is 0 Å². The van der Waals surface area contributed by atoms with E-state index in [1.54, 1.807) is 12.1 Å². The lowest BCUT2D eigenvalue weighted by Crippen LogP contribution is -1.93. The zero-order chi connectivity index (χ0) is 42.2. The van der Waals surface area contributed by atoms with Crippen LogP contribution in [0.2, 0.25) is 0 Å². The molecular formula is C46H28O. The molecule has 0 saturated carbocycles. The predicted molar refractivity (Wildman–Crippen MR) is 200 cm³/mol. The Morgan fingerprint density at radius 1 is 0.404 bits per heavy atom. The molecule has 0 aliphatic heterocycles. The van der Waals surface area contributed by atoms with Crippen LogP contribution in [0.3, 0.4) is 0 Å². The lowest BCUT2D eigenvalue weighted by Gasteiger charge is -2.21. The van der Waals surface area contributed by atoms with Crippen molar-refractivity contribution in [2.45, 2.75) is 0 Å². The Hall–Kier alpha value is -6.18. The molecule has 0 aliphatic rings. The van der Waals surface area contributed by atoms with Gasteiger partial charge in [-0.25, -0.2) is 0 Å². The largest absolute Gasteiger partial charge is 0.456 e. The smallest absolute Gasteiger partial charge is 0.135 e. The first kappa shape index (κ1) is 16.4. The molecule has 0 N–H and O–H groups in total. The molecular weight excluding hydrogens is 569 g/mol. The average Bonchev–Trinajstić information content (AvgIpc) is 3.67. The van der Waals surface area contributed by atoms with Crippen LogP contribution in [0.5, 0.6) is 0 Å². The minimum Gasteiger partial charge on any atom is -0.456 e. The Balaban J connectivity index is 1.51. The Morgan fingerprint density at radius 2 is 0.979 bits per heavy atom. The number of furan rings is 1. The van der Waals surface area contributed by atoms with Crippen LogP contribution in [-0.4, -0.2) is 0 Å². The molecule has 1 heteroatoms. The second kappa shape index (κ2) is 10.2. The molecule has 0 spiro atoms. The molecule has 0 saturated heterocycles. The molecule has 1 nitrogen and oxygen atoms in total. The highest BCUT2D eigenvalue weighted by atomic mass is 16.3. The fourth-order valence-corrected chi connectivity index (χ4v) is 6.74. The van der Waals surface area contributed by atoms with Crippen LogP contribution in [0.25, 0.3) is 98.4 Å². The zero-order valence-electron chi connectivity index (χ0n) is 37.6. The molecule has 1 heterocycles. The first-order valence-electron chi connectivity index (χ1n) is 21.6. The average molecular weight is 610 g/mol. The van der Waals surface area contributed by atoms with Crippen molar-refractivity contribution in [3.63, 3.8) is 0 Å². The van der Waals surface area contributed by atoms with Crippen LogP contribution in [0.15, 0.2) is 174 Å².